The quantitative estimate of drug-likeness (QED) is 0.665. The number of nitrogens with zero attached hydrogens (tertiary/aromatic N) is 3. The highest BCUT2D eigenvalue weighted by Gasteiger charge is 2.38. The highest BCUT2D eigenvalue weighted by atomic mass is 16.6. The number of hydrogen-bond donors (Lipinski definition) is 1. The smallest absolute Gasteiger partial charge is 0.269 e. The summed E-state index contributed by atoms with van der Waals surface area (Å²) in [6.45, 7) is 1.74. The maximum Gasteiger partial charge on any atom is 0.269 e. The Morgan fingerprint density at radius 2 is 2.05 bits per heavy atom. The number of nitro groups is 1. The van der Waals surface area contributed by atoms with Crippen LogP contribution >= 0.6 is 0 Å². The second-order valence-corrected chi connectivity index (χ2v) is 5.38. The SMILES string of the molecule is O=[N+]([O-])c1ccc(-c2cnn(CC3(CO)COC3)c2)cc1. The van der Waals surface area contributed by atoms with Crippen molar-refractivity contribution in [3.8, 4) is 11.1 Å². The van der Waals surface area contributed by atoms with Crippen LogP contribution in [0.3, 0.4) is 0 Å². The predicted octanol–water partition coefficient (Wildman–Crippen LogP) is 1.47. The van der Waals surface area contributed by atoms with Crippen LogP contribution in [0, 0.1) is 15.5 Å². The van der Waals surface area contributed by atoms with Gasteiger partial charge in [0.25, 0.3) is 5.69 Å². The predicted molar refractivity (Wildman–Crippen MR) is 74.7 cm³/mol. The summed E-state index contributed by atoms with van der Waals surface area (Å²) in [7, 11) is 0. The fourth-order valence-corrected chi connectivity index (χ4v) is 2.34. The van der Waals surface area contributed by atoms with Gasteiger partial charge in [0.05, 0.1) is 42.9 Å². The average Bonchev–Trinajstić information content (AvgIpc) is 2.91. The van der Waals surface area contributed by atoms with Crippen LogP contribution in [0.2, 0.25) is 0 Å². The normalized spacial score (nSPS) is 16.4. The number of rotatable bonds is 5. The van der Waals surface area contributed by atoms with E-state index in [2.05, 4.69) is 5.10 Å². The summed E-state index contributed by atoms with van der Waals surface area (Å²) >= 11 is 0. The summed E-state index contributed by atoms with van der Waals surface area (Å²) in [5.41, 5.74) is 1.59. The van der Waals surface area contributed by atoms with Crippen molar-refractivity contribution in [2.75, 3.05) is 19.8 Å². The zero-order chi connectivity index (χ0) is 14.9. The molecule has 1 aliphatic rings. The summed E-state index contributed by atoms with van der Waals surface area (Å²) in [5, 5.41) is 24.3. The van der Waals surface area contributed by atoms with Gasteiger partial charge < -0.3 is 9.84 Å². The van der Waals surface area contributed by atoms with E-state index in [1.165, 1.54) is 12.1 Å². The monoisotopic (exact) mass is 289 g/mol. The molecular formula is C14H15N3O4. The molecule has 1 saturated heterocycles. The maximum absolute atomic E-state index is 10.6. The Balaban J connectivity index is 1.76. The minimum absolute atomic E-state index is 0.0667. The van der Waals surface area contributed by atoms with Crippen LogP contribution in [0.4, 0.5) is 5.69 Å². The highest BCUT2D eigenvalue weighted by Crippen LogP contribution is 2.29. The van der Waals surface area contributed by atoms with Gasteiger partial charge in [-0.3, -0.25) is 14.8 Å². The Kier molecular flexibility index (Phi) is 3.44. The molecule has 7 heteroatoms. The molecule has 3 rings (SSSR count). The van der Waals surface area contributed by atoms with Gasteiger partial charge in [0.15, 0.2) is 0 Å². The summed E-state index contributed by atoms with van der Waals surface area (Å²) < 4.78 is 6.94. The molecule has 0 aliphatic carbocycles. The van der Waals surface area contributed by atoms with Gasteiger partial charge in [0, 0.05) is 23.9 Å². The molecule has 2 aromatic rings. The van der Waals surface area contributed by atoms with Crippen LogP contribution in [0.15, 0.2) is 36.7 Å². The van der Waals surface area contributed by atoms with Gasteiger partial charge in [-0.05, 0) is 17.7 Å². The van der Waals surface area contributed by atoms with E-state index >= 15 is 0 Å². The van der Waals surface area contributed by atoms with E-state index in [0.717, 1.165) is 11.1 Å². The molecular weight excluding hydrogens is 274 g/mol. The molecule has 110 valence electrons. The lowest BCUT2D eigenvalue weighted by atomic mass is 9.87. The van der Waals surface area contributed by atoms with E-state index in [1.54, 1.807) is 23.0 Å². The zero-order valence-electron chi connectivity index (χ0n) is 11.3. The third-order valence-electron chi connectivity index (χ3n) is 3.69. The molecule has 1 aromatic carbocycles. The van der Waals surface area contributed by atoms with Gasteiger partial charge >= 0.3 is 0 Å². The zero-order valence-corrected chi connectivity index (χ0v) is 11.3. The summed E-state index contributed by atoms with van der Waals surface area (Å²) in [6.07, 6.45) is 3.59. The molecule has 2 heterocycles. The summed E-state index contributed by atoms with van der Waals surface area (Å²) in [6, 6.07) is 6.35. The molecule has 0 radical (unpaired) electrons. The van der Waals surface area contributed by atoms with Crippen molar-refractivity contribution >= 4 is 5.69 Å². The van der Waals surface area contributed by atoms with E-state index in [0.29, 0.717) is 19.8 Å². The van der Waals surface area contributed by atoms with E-state index in [4.69, 9.17) is 4.74 Å². The first-order chi connectivity index (χ1) is 10.1. The number of benzene rings is 1. The molecule has 7 nitrogen and oxygen atoms in total. The van der Waals surface area contributed by atoms with Gasteiger partial charge in [-0.1, -0.05) is 0 Å². The second-order valence-electron chi connectivity index (χ2n) is 5.38. The van der Waals surface area contributed by atoms with Crippen LogP contribution in [0.1, 0.15) is 0 Å². The second kappa shape index (κ2) is 5.27. The lowest BCUT2D eigenvalue weighted by Crippen LogP contribution is -2.48. The topological polar surface area (TPSA) is 90.4 Å². The average molecular weight is 289 g/mol. The Bertz CT molecular complexity index is 641. The van der Waals surface area contributed by atoms with Crippen LogP contribution in [-0.2, 0) is 11.3 Å². The van der Waals surface area contributed by atoms with Gasteiger partial charge in [0.2, 0.25) is 0 Å². The van der Waals surface area contributed by atoms with Crippen molar-refractivity contribution in [3.05, 3.63) is 46.8 Å². The minimum atomic E-state index is -0.422. The largest absolute Gasteiger partial charge is 0.396 e. The van der Waals surface area contributed by atoms with E-state index in [-0.39, 0.29) is 17.7 Å². The number of aliphatic hydroxyl groups excluding tert-OH is 1. The molecule has 1 N–H and O–H groups in total. The van der Waals surface area contributed by atoms with Crippen molar-refractivity contribution in [1.29, 1.82) is 0 Å². The minimum Gasteiger partial charge on any atom is -0.396 e. The molecule has 1 fully saturated rings. The molecule has 0 unspecified atom stereocenters. The van der Waals surface area contributed by atoms with Crippen LogP contribution in [0.25, 0.3) is 11.1 Å². The first-order valence-electron chi connectivity index (χ1n) is 6.58. The number of nitro benzene ring substituents is 1. The van der Waals surface area contributed by atoms with E-state index < -0.39 is 4.92 Å². The van der Waals surface area contributed by atoms with Crippen molar-refractivity contribution in [1.82, 2.24) is 9.78 Å². The molecule has 0 saturated carbocycles. The van der Waals surface area contributed by atoms with Crippen molar-refractivity contribution in [3.63, 3.8) is 0 Å². The third kappa shape index (κ3) is 2.65. The number of hydrogen-bond acceptors (Lipinski definition) is 5. The number of aliphatic hydroxyl groups is 1. The molecule has 1 aromatic heterocycles. The van der Waals surface area contributed by atoms with E-state index in [9.17, 15) is 15.2 Å². The Morgan fingerprint density at radius 1 is 1.33 bits per heavy atom. The van der Waals surface area contributed by atoms with Gasteiger partial charge in [-0.2, -0.15) is 5.10 Å². The van der Waals surface area contributed by atoms with Gasteiger partial charge in [-0.15, -0.1) is 0 Å². The Morgan fingerprint density at radius 3 is 2.57 bits per heavy atom. The van der Waals surface area contributed by atoms with Crippen LogP contribution < -0.4 is 0 Å². The van der Waals surface area contributed by atoms with E-state index in [1.807, 2.05) is 6.20 Å². The molecule has 21 heavy (non-hydrogen) atoms. The Labute approximate surface area is 120 Å². The van der Waals surface area contributed by atoms with Crippen molar-refractivity contribution in [2.24, 2.45) is 5.41 Å². The van der Waals surface area contributed by atoms with Crippen LogP contribution in [-0.4, -0.2) is 39.6 Å². The standard InChI is InChI=1S/C14H15N3O4/c18-8-14(9-21-10-14)7-16-6-12(5-15-16)11-1-3-13(4-2-11)17(19)20/h1-6,18H,7-10H2. The van der Waals surface area contributed by atoms with Crippen LogP contribution in [0.5, 0.6) is 0 Å². The molecule has 0 atom stereocenters. The maximum atomic E-state index is 10.6. The lowest BCUT2D eigenvalue weighted by Gasteiger charge is -2.39. The fraction of sp³-hybridized carbons (Fsp3) is 0.357. The summed E-state index contributed by atoms with van der Waals surface area (Å²) in [4.78, 5) is 10.2. The molecule has 0 bridgehead atoms. The number of ether oxygens (including phenoxy) is 1. The number of aromatic nitrogens is 2. The van der Waals surface area contributed by atoms with Crippen molar-refractivity contribution < 1.29 is 14.8 Å². The van der Waals surface area contributed by atoms with Gasteiger partial charge in [-0.25, -0.2) is 0 Å². The molecule has 1 aliphatic heterocycles. The Hall–Kier alpha value is -2.25. The third-order valence-corrected chi connectivity index (χ3v) is 3.69. The first kappa shape index (κ1) is 13.7. The summed E-state index contributed by atoms with van der Waals surface area (Å²) in [5.74, 6) is 0. The highest BCUT2D eigenvalue weighted by molar-refractivity contribution is 5.63. The van der Waals surface area contributed by atoms with Crippen molar-refractivity contribution in [2.45, 2.75) is 6.54 Å². The number of non-ortho nitro benzene ring substituents is 1. The molecule has 0 spiro atoms. The fourth-order valence-electron chi connectivity index (χ4n) is 2.34. The molecule has 0 amide bonds. The van der Waals surface area contributed by atoms with Gasteiger partial charge in [0.1, 0.15) is 0 Å². The lowest BCUT2D eigenvalue weighted by molar-refractivity contribution is -0.384. The first-order valence-corrected chi connectivity index (χ1v) is 6.58.